The first-order chi connectivity index (χ1) is 16.1. The molecule has 8 heteroatoms. The smallest absolute Gasteiger partial charge is 0.157 e. The minimum atomic E-state index is -1.07. The molecule has 0 amide bonds. The quantitative estimate of drug-likeness (QED) is 0.223. The molecule has 1 fully saturated rings. The van der Waals surface area contributed by atoms with E-state index >= 15 is 0 Å². The Morgan fingerprint density at radius 3 is 2.53 bits per heavy atom. The molecule has 2 aliphatic heterocycles. The van der Waals surface area contributed by atoms with Gasteiger partial charge in [-0.1, -0.05) is 38.0 Å². The molecule has 0 bridgehead atoms. The summed E-state index contributed by atoms with van der Waals surface area (Å²) in [5.74, 6) is 0.212. The molecule has 7 nitrogen and oxygen atoms in total. The second-order valence-corrected chi connectivity index (χ2v) is 10.7. The van der Waals surface area contributed by atoms with Crippen molar-refractivity contribution in [1.29, 1.82) is 5.41 Å². The fourth-order valence-corrected chi connectivity index (χ4v) is 4.53. The van der Waals surface area contributed by atoms with Crippen molar-refractivity contribution in [3.05, 3.63) is 34.2 Å². The van der Waals surface area contributed by atoms with Crippen LogP contribution in [0, 0.1) is 22.7 Å². The number of fused-ring (bicyclic) bond motifs is 1. The van der Waals surface area contributed by atoms with E-state index in [1.54, 1.807) is 6.20 Å². The van der Waals surface area contributed by atoms with Crippen molar-refractivity contribution in [3.63, 3.8) is 0 Å². The number of nitrogens with one attached hydrogen (secondary N) is 2. The zero-order valence-corrected chi connectivity index (χ0v) is 22.9. The number of unbranched alkanes of at least 4 members (excludes halogenated alkanes) is 1. The lowest BCUT2D eigenvalue weighted by Crippen LogP contribution is -2.48. The Kier molecular flexibility index (Phi) is 14.2. The molecule has 1 saturated carbocycles. The SMILES string of the molecule is CC1=C(C)SC=CC1.CCC(N)C(CNC(N)O)C(=N)C12C=CN=CC1C2.CCCCN(C)C.[HH].[HH]. The molecule has 3 aliphatic rings. The molecule has 0 aromatic carbocycles. The molecule has 198 valence electrons. The fraction of sp³-hybridized carbons (Fsp3) is 0.692. The predicted molar refractivity (Wildman–Crippen MR) is 153 cm³/mol. The molecule has 7 N–H and O–H groups in total. The molecular weight excluding hydrogens is 444 g/mol. The summed E-state index contributed by atoms with van der Waals surface area (Å²) in [4.78, 5) is 7.79. The summed E-state index contributed by atoms with van der Waals surface area (Å²) in [5.41, 5.74) is 13.4. The van der Waals surface area contributed by atoms with Crippen LogP contribution in [-0.2, 0) is 0 Å². The Hall–Kier alpha value is -1.29. The maximum Gasteiger partial charge on any atom is 0.157 e. The second-order valence-electron chi connectivity index (χ2n) is 9.60. The van der Waals surface area contributed by atoms with Crippen molar-refractivity contribution in [2.75, 3.05) is 27.2 Å². The van der Waals surface area contributed by atoms with Gasteiger partial charge in [-0.2, -0.15) is 0 Å². The lowest BCUT2D eigenvalue weighted by Gasteiger charge is -2.29. The number of rotatable bonds is 10. The Balaban J connectivity index is 0. The van der Waals surface area contributed by atoms with Crippen LogP contribution in [0.3, 0.4) is 0 Å². The summed E-state index contributed by atoms with van der Waals surface area (Å²) < 4.78 is 0. The van der Waals surface area contributed by atoms with Crippen molar-refractivity contribution in [2.24, 2.45) is 33.7 Å². The highest BCUT2D eigenvalue weighted by atomic mass is 32.2. The zero-order chi connectivity index (χ0) is 25.7. The largest absolute Gasteiger partial charge is 0.366 e. The Labute approximate surface area is 214 Å². The van der Waals surface area contributed by atoms with E-state index in [0.717, 1.165) is 19.3 Å². The fourth-order valence-electron chi connectivity index (χ4n) is 3.85. The van der Waals surface area contributed by atoms with Crippen LogP contribution in [0.4, 0.5) is 0 Å². The molecule has 3 rings (SSSR count). The Morgan fingerprint density at radius 1 is 1.38 bits per heavy atom. The monoisotopic (exact) mass is 496 g/mol. The second kappa shape index (κ2) is 15.7. The van der Waals surface area contributed by atoms with Crippen molar-refractivity contribution in [1.82, 2.24) is 10.2 Å². The molecule has 0 spiro atoms. The summed E-state index contributed by atoms with van der Waals surface area (Å²) in [6.07, 6.45) is 12.3. The van der Waals surface area contributed by atoms with Crippen LogP contribution < -0.4 is 16.8 Å². The van der Waals surface area contributed by atoms with Crippen molar-refractivity contribution in [3.8, 4) is 0 Å². The highest BCUT2D eigenvalue weighted by Crippen LogP contribution is 2.56. The standard InChI is InChI=1S/C13H23N5O.C7H10S.C6H15N.2H2/c1-2-10(14)9(7-18-12(16)19)11(15)13-3-4-17-6-8(13)5-13;1-6-4-3-5-8-7(6)2;1-4-5-6-7(2)3;;/h3-4,6,8-10,12,15,18-19H,2,5,7,14,16H2,1H3;3,5H,4H2,1-2H3;4-6H2,1-3H3;2*1H. The third kappa shape index (κ3) is 10.1. The lowest BCUT2D eigenvalue weighted by atomic mass is 9.82. The highest BCUT2D eigenvalue weighted by molar-refractivity contribution is 8.05. The summed E-state index contributed by atoms with van der Waals surface area (Å²) >= 11 is 1.83. The molecule has 0 saturated heterocycles. The summed E-state index contributed by atoms with van der Waals surface area (Å²) in [6, 6.07) is -0.110. The first-order valence-corrected chi connectivity index (χ1v) is 13.3. The summed E-state index contributed by atoms with van der Waals surface area (Å²) in [7, 11) is 4.21. The lowest BCUT2D eigenvalue weighted by molar-refractivity contribution is 0.139. The molecule has 5 unspecified atom stereocenters. The summed E-state index contributed by atoms with van der Waals surface area (Å²) in [6.45, 7) is 10.2. The summed E-state index contributed by atoms with van der Waals surface area (Å²) in [5, 5.41) is 22.6. The van der Waals surface area contributed by atoms with Crippen LogP contribution in [0.5, 0.6) is 0 Å². The first kappa shape index (κ1) is 30.7. The van der Waals surface area contributed by atoms with E-state index in [1.807, 2.05) is 31.0 Å². The number of thioether (sulfide) groups is 1. The average Bonchev–Trinajstić information content (AvgIpc) is 3.56. The van der Waals surface area contributed by atoms with Gasteiger partial charge in [-0.15, -0.1) is 11.8 Å². The van der Waals surface area contributed by atoms with Gasteiger partial charge in [0.15, 0.2) is 6.35 Å². The normalized spacial score (nSPS) is 24.9. The van der Waals surface area contributed by atoms with Gasteiger partial charge in [0.1, 0.15) is 0 Å². The van der Waals surface area contributed by atoms with Crippen LogP contribution in [0.25, 0.3) is 0 Å². The van der Waals surface area contributed by atoms with E-state index in [9.17, 15) is 0 Å². The minimum Gasteiger partial charge on any atom is -0.366 e. The third-order valence-corrected chi connectivity index (χ3v) is 7.55. The molecule has 0 aromatic rings. The Bertz CT molecular complexity index is 741. The van der Waals surface area contributed by atoms with Gasteiger partial charge in [-0.25, -0.2) is 0 Å². The molecule has 0 aromatic heterocycles. The highest BCUT2D eigenvalue weighted by Gasteiger charge is 2.57. The van der Waals surface area contributed by atoms with E-state index in [4.69, 9.17) is 22.0 Å². The van der Waals surface area contributed by atoms with E-state index in [0.29, 0.717) is 18.2 Å². The third-order valence-electron chi connectivity index (χ3n) is 6.52. The van der Waals surface area contributed by atoms with Crippen LogP contribution in [0.15, 0.2) is 39.2 Å². The number of allylic oxidation sites excluding steroid dienone is 4. The number of aliphatic imine (C=N–C) groups is 1. The van der Waals surface area contributed by atoms with Gasteiger partial charge in [-0.3, -0.25) is 16.0 Å². The number of aliphatic hydroxyl groups is 1. The van der Waals surface area contributed by atoms with Crippen LogP contribution in [0.1, 0.15) is 62.7 Å². The van der Waals surface area contributed by atoms with E-state index in [2.05, 4.69) is 61.6 Å². The maximum atomic E-state index is 9.14. The van der Waals surface area contributed by atoms with Gasteiger partial charge in [0.25, 0.3) is 0 Å². The van der Waals surface area contributed by atoms with Gasteiger partial charge < -0.3 is 21.1 Å². The predicted octanol–water partition coefficient (Wildman–Crippen LogP) is 4.56. The van der Waals surface area contributed by atoms with Crippen molar-refractivity contribution >= 4 is 23.7 Å². The number of hydrogen-bond acceptors (Lipinski definition) is 8. The minimum absolute atomic E-state index is 0. The molecule has 5 atom stereocenters. The topological polar surface area (TPSA) is 124 Å². The number of hydrogen-bond donors (Lipinski definition) is 5. The van der Waals surface area contributed by atoms with E-state index in [1.165, 1.54) is 29.9 Å². The van der Waals surface area contributed by atoms with Crippen LogP contribution >= 0.6 is 11.8 Å². The molecule has 0 radical (unpaired) electrons. The van der Waals surface area contributed by atoms with Crippen molar-refractivity contribution in [2.45, 2.75) is 72.2 Å². The van der Waals surface area contributed by atoms with Crippen LogP contribution in [-0.4, -0.2) is 61.5 Å². The number of nitrogens with two attached hydrogens (primary N) is 2. The maximum absolute atomic E-state index is 9.14. The zero-order valence-electron chi connectivity index (χ0n) is 22.1. The average molecular weight is 497 g/mol. The molecule has 34 heavy (non-hydrogen) atoms. The molecule has 1 aliphatic carbocycles. The van der Waals surface area contributed by atoms with Gasteiger partial charge in [0.2, 0.25) is 0 Å². The van der Waals surface area contributed by atoms with Crippen molar-refractivity contribution < 1.29 is 7.96 Å². The first-order valence-electron chi connectivity index (χ1n) is 12.4. The van der Waals surface area contributed by atoms with Crippen LogP contribution in [0.2, 0.25) is 0 Å². The van der Waals surface area contributed by atoms with Gasteiger partial charge >= 0.3 is 0 Å². The van der Waals surface area contributed by atoms with Gasteiger partial charge in [0, 0.05) is 50.8 Å². The molecule has 2 heterocycles. The van der Waals surface area contributed by atoms with Gasteiger partial charge in [0.05, 0.1) is 0 Å². The van der Waals surface area contributed by atoms with Gasteiger partial charge in [-0.05, 0) is 70.5 Å². The Morgan fingerprint density at radius 2 is 2.09 bits per heavy atom. The van der Waals surface area contributed by atoms with E-state index in [-0.39, 0.29) is 20.2 Å². The molecular formula is C26H52N6OS. The number of aliphatic hydroxyl groups excluding tert-OH is 1. The van der Waals surface area contributed by atoms with E-state index < -0.39 is 6.35 Å². The number of nitrogens with zero attached hydrogens (tertiary/aromatic N) is 2.